The van der Waals surface area contributed by atoms with E-state index in [1.54, 1.807) is 0 Å². The minimum atomic E-state index is 1.21. The number of hydrogen-bond acceptors (Lipinski definition) is 1. The highest BCUT2D eigenvalue weighted by Gasteiger charge is 2.11. The van der Waals surface area contributed by atoms with E-state index in [0.717, 1.165) is 0 Å². The van der Waals surface area contributed by atoms with Crippen molar-refractivity contribution < 1.29 is 0 Å². The lowest BCUT2D eigenvalue weighted by Gasteiger charge is -2.00. The van der Waals surface area contributed by atoms with Crippen molar-refractivity contribution in [3.05, 3.63) is 41.7 Å². The van der Waals surface area contributed by atoms with Crippen LogP contribution in [0.3, 0.4) is 0 Å². The molecule has 0 amide bonds. The summed E-state index contributed by atoms with van der Waals surface area (Å²) < 4.78 is 2.24. The van der Waals surface area contributed by atoms with Gasteiger partial charge in [-0.05, 0) is 25.0 Å². The van der Waals surface area contributed by atoms with Gasteiger partial charge >= 0.3 is 0 Å². The normalized spacial score (nSPS) is 11.4. The Kier molecular flexibility index (Phi) is 1.81. The van der Waals surface area contributed by atoms with E-state index < -0.39 is 0 Å². The van der Waals surface area contributed by atoms with Crippen molar-refractivity contribution in [1.82, 2.24) is 9.55 Å². The zero-order valence-corrected chi connectivity index (χ0v) is 9.78. The van der Waals surface area contributed by atoms with E-state index >= 15 is 0 Å². The lowest BCUT2D eigenvalue weighted by molar-refractivity contribution is 1.00. The molecule has 3 aromatic rings. The Morgan fingerprint density at radius 2 is 1.88 bits per heavy atom. The van der Waals surface area contributed by atoms with E-state index in [0.29, 0.717) is 0 Å². The number of benzene rings is 1. The van der Waals surface area contributed by atoms with Crippen LogP contribution in [0, 0.1) is 13.8 Å². The fourth-order valence-electron chi connectivity index (χ4n) is 2.58. The minimum Gasteiger partial charge on any atom is -0.342 e. The van der Waals surface area contributed by atoms with Gasteiger partial charge in [0.15, 0.2) is 0 Å². The van der Waals surface area contributed by atoms with Gasteiger partial charge in [0.1, 0.15) is 0 Å². The van der Waals surface area contributed by atoms with E-state index in [-0.39, 0.29) is 0 Å². The maximum absolute atomic E-state index is 4.28. The lowest BCUT2D eigenvalue weighted by atomic mass is 10.1. The van der Waals surface area contributed by atoms with Gasteiger partial charge in [-0.25, -0.2) is 0 Å². The molecule has 0 radical (unpaired) electrons. The number of fused-ring (bicyclic) bond motifs is 3. The van der Waals surface area contributed by atoms with E-state index in [1.807, 2.05) is 12.4 Å². The third kappa shape index (κ3) is 1.04. The average molecular weight is 210 g/mol. The first-order valence-electron chi connectivity index (χ1n) is 5.48. The van der Waals surface area contributed by atoms with Gasteiger partial charge in [0.2, 0.25) is 0 Å². The van der Waals surface area contributed by atoms with Gasteiger partial charge in [-0.2, -0.15) is 0 Å². The fourth-order valence-corrected chi connectivity index (χ4v) is 2.58. The summed E-state index contributed by atoms with van der Waals surface area (Å²) >= 11 is 0. The molecule has 2 nitrogen and oxygen atoms in total. The molecule has 3 rings (SSSR count). The Bertz CT molecular complexity index is 693. The van der Waals surface area contributed by atoms with Crippen LogP contribution < -0.4 is 0 Å². The number of nitrogens with zero attached hydrogens (tertiary/aromatic N) is 2. The number of rotatable bonds is 0. The second-order valence-electron chi connectivity index (χ2n) is 4.38. The molecule has 0 aliphatic rings. The summed E-state index contributed by atoms with van der Waals surface area (Å²) in [7, 11) is 2.11. The van der Waals surface area contributed by atoms with Crippen LogP contribution in [-0.4, -0.2) is 9.55 Å². The molecule has 0 N–H and O–H groups in total. The van der Waals surface area contributed by atoms with Gasteiger partial charge in [0.05, 0.1) is 17.2 Å². The smallest absolute Gasteiger partial charge is 0.0677 e. The average Bonchev–Trinajstić information content (AvgIpc) is 2.56. The van der Waals surface area contributed by atoms with Crippen LogP contribution in [0.25, 0.3) is 21.8 Å². The molecule has 2 heterocycles. The second kappa shape index (κ2) is 3.08. The van der Waals surface area contributed by atoms with Crippen molar-refractivity contribution in [2.24, 2.45) is 7.05 Å². The van der Waals surface area contributed by atoms with Crippen LogP contribution >= 0.6 is 0 Å². The number of para-hydroxylation sites is 1. The van der Waals surface area contributed by atoms with Gasteiger partial charge < -0.3 is 4.57 Å². The molecule has 2 heteroatoms. The molecule has 0 saturated carbocycles. The fraction of sp³-hybridized carbons (Fsp3) is 0.214. The van der Waals surface area contributed by atoms with E-state index in [4.69, 9.17) is 0 Å². The summed E-state index contributed by atoms with van der Waals surface area (Å²) in [5.74, 6) is 0. The van der Waals surface area contributed by atoms with Crippen LogP contribution in [0.2, 0.25) is 0 Å². The van der Waals surface area contributed by atoms with Crippen molar-refractivity contribution >= 4 is 21.8 Å². The van der Waals surface area contributed by atoms with Crippen molar-refractivity contribution in [3.63, 3.8) is 0 Å². The first-order valence-corrected chi connectivity index (χ1v) is 5.48. The van der Waals surface area contributed by atoms with Gasteiger partial charge in [-0.1, -0.05) is 18.2 Å². The standard InChI is InChI=1S/C14H14N2/c1-9-5-4-6-11-13-10(2)7-15-8-12(13)16(3)14(9)11/h4-8H,1-3H3. The zero-order valence-electron chi connectivity index (χ0n) is 9.78. The predicted octanol–water partition coefficient (Wildman–Crippen LogP) is 3.34. The molecule has 0 atom stereocenters. The summed E-state index contributed by atoms with van der Waals surface area (Å²) in [5, 5.41) is 2.66. The molecule has 80 valence electrons. The quantitative estimate of drug-likeness (QED) is 0.556. The Labute approximate surface area is 94.5 Å². The van der Waals surface area contributed by atoms with Gasteiger partial charge in [0, 0.05) is 24.0 Å². The molecule has 2 aromatic heterocycles. The Hall–Kier alpha value is -1.83. The zero-order chi connectivity index (χ0) is 11.3. The Balaban J connectivity index is 2.71. The molecular formula is C14H14N2. The minimum absolute atomic E-state index is 1.21. The molecule has 0 bridgehead atoms. The first-order chi connectivity index (χ1) is 7.70. The first kappa shape index (κ1) is 9.40. The van der Waals surface area contributed by atoms with Crippen molar-refractivity contribution in [2.75, 3.05) is 0 Å². The van der Waals surface area contributed by atoms with Crippen LogP contribution in [0.15, 0.2) is 30.6 Å². The SMILES string of the molecule is Cc1cncc2c1c1cccc(C)c1n2C. The highest BCUT2D eigenvalue weighted by atomic mass is 14.9. The molecule has 0 spiro atoms. The third-order valence-electron chi connectivity index (χ3n) is 3.32. The molecular weight excluding hydrogens is 196 g/mol. The van der Waals surface area contributed by atoms with Crippen LogP contribution in [0.4, 0.5) is 0 Å². The summed E-state index contributed by atoms with van der Waals surface area (Å²) in [4.78, 5) is 4.28. The summed E-state index contributed by atoms with van der Waals surface area (Å²) in [6, 6.07) is 6.47. The second-order valence-corrected chi connectivity index (χ2v) is 4.38. The Morgan fingerprint density at radius 3 is 2.69 bits per heavy atom. The summed E-state index contributed by atoms with van der Waals surface area (Å²) in [6.45, 7) is 4.28. The van der Waals surface area contributed by atoms with E-state index in [1.165, 1.54) is 32.9 Å². The summed E-state index contributed by atoms with van der Waals surface area (Å²) in [6.07, 6.45) is 3.88. The molecule has 16 heavy (non-hydrogen) atoms. The Morgan fingerprint density at radius 1 is 1.06 bits per heavy atom. The molecule has 0 aliphatic carbocycles. The van der Waals surface area contributed by atoms with Crippen molar-refractivity contribution in [3.8, 4) is 0 Å². The van der Waals surface area contributed by atoms with Crippen LogP contribution in [0.1, 0.15) is 11.1 Å². The van der Waals surface area contributed by atoms with Gasteiger partial charge in [0.25, 0.3) is 0 Å². The molecule has 0 fully saturated rings. The van der Waals surface area contributed by atoms with Crippen LogP contribution in [0.5, 0.6) is 0 Å². The molecule has 0 aliphatic heterocycles. The van der Waals surface area contributed by atoms with E-state index in [2.05, 4.69) is 48.6 Å². The maximum atomic E-state index is 4.28. The molecule has 0 unspecified atom stereocenters. The maximum Gasteiger partial charge on any atom is 0.0677 e. The topological polar surface area (TPSA) is 17.8 Å². The monoisotopic (exact) mass is 210 g/mol. The highest BCUT2D eigenvalue weighted by molar-refractivity contribution is 6.10. The predicted molar refractivity (Wildman–Crippen MR) is 67.7 cm³/mol. The van der Waals surface area contributed by atoms with Gasteiger partial charge in [-0.15, -0.1) is 0 Å². The largest absolute Gasteiger partial charge is 0.342 e. The number of hydrogen-bond donors (Lipinski definition) is 0. The summed E-state index contributed by atoms with van der Waals surface area (Å²) in [5.41, 5.74) is 5.09. The van der Waals surface area contributed by atoms with Crippen molar-refractivity contribution in [2.45, 2.75) is 13.8 Å². The lowest BCUT2D eigenvalue weighted by Crippen LogP contribution is -1.89. The molecule has 1 aromatic carbocycles. The number of aromatic nitrogens is 2. The number of aryl methyl sites for hydroxylation is 3. The number of pyridine rings is 1. The van der Waals surface area contributed by atoms with Crippen LogP contribution in [-0.2, 0) is 7.05 Å². The highest BCUT2D eigenvalue weighted by Crippen LogP contribution is 2.31. The van der Waals surface area contributed by atoms with E-state index in [9.17, 15) is 0 Å². The molecule has 0 saturated heterocycles. The van der Waals surface area contributed by atoms with Crippen molar-refractivity contribution in [1.29, 1.82) is 0 Å². The third-order valence-corrected chi connectivity index (χ3v) is 3.32. The van der Waals surface area contributed by atoms with Gasteiger partial charge in [-0.3, -0.25) is 4.98 Å².